The fourth-order valence-electron chi connectivity index (χ4n) is 2.46. The summed E-state index contributed by atoms with van der Waals surface area (Å²) in [6, 6.07) is 13.3. The number of rotatable bonds is 6. The maximum absolute atomic E-state index is 12.2. The van der Waals surface area contributed by atoms with Crippen LogP contribution in [0.5, 0.6) is 0 Å². The molecule has 0 atom stereocenters. The number of hydrogen-bond donors (Lipinski definition) is 0. The molecular weight excluding hydrogens is 368 g/mol. The SMILES string of the molecule is CC(C)c1ccc(CSc2nc3cc(S(=O)(=O)N(C)C)ccc3o2)cc1. The lowest BCUT2D eigenvalue weighted by Gasteiger charge is -2.10. The standard InChI is InChI=1S/C19H22N2O3S2/c1-13(2)15-7-5-14(6-8-15)12-25-19-20-17-11-16(9-10-18(17)24-19)26(22,23)21(3)4/h5-11,13H,12H2,1-4H3. The molecule has 0 aliphatic carbocycles. The van der Waals surface area contributed by atoms with E-state index >= 15 is 0 Å². The second-order valence-electron chi connectivity index (χ2n) is 6.58. The van der Waals surface area contributed by atoms with Crippen LogP contribution >= 0.6 is 11.8 Å². The number of benzene rings is 2. The van der Waals surface area contributed by atoms with Gasteiger partial charge in [0.25, 0.3) is 5.22 Å². The smallest absolute Gasteiger partial charge is 0.257 e. The lowest BCUT2D eigenvalue weighted by atomic mass is 10.0. The van der Waals surface area contributed by atoms with Crippen LogP contribution in [-0.2, 0) is 15.8 Å². The highest BCUT2D eigenvalue weighted by Crippen LogP contribution is 2.28. The predicted octanol–water partition coefficient (Wildman–Crippen LogP) is 4.49. The normalized spacial score (nSPS) is 12.4. The van der Waals surface area contributed by atoms with Crippen LogP contribution in [0.2, 0.25) is 0 Å². The van der Waals surface area contributed by atoms with Crippen molar-refractivity contribution in [2.75, 3.05) is 14.1 Å². The number of thioether (sulfide) groups is 1. The summed E-state index contributed by atoms with van der Waals surface area (Å²) in [7, 11) is -0.464. The molecule has 0 fully saturated rings. The summed E-state index contributed by atoms with van der Waals surface area (Å²) in [6.45, 7) is 4.35. The molecule has 0 saturated carbocycles. The van der Waals surface area contributed by atoms with Gasteiger partial charge in [-0.05, 0) is 35.2 Å². The van der Waals surface area contributed by atoms with Crippen molar-refractivity contribution in [3.05, 3.63) is 53.6 Å². The van der Waals surface area contributed by atoms with Crippen molar-refractivity contribution in [3.8, 4) is 0 Å². The average Bonchev–Trinajstić information content (AvgIpc) is 3.02. The van der Waals surface area contributed by atoms with Crippen molar-refractivity contribution in [1.82, 2.24) is 9.29 Å². The van der Waals surface area contributed by atoms with Gasteiger partial charge in [-0.1, -0.05) is 49.9 Å². The molecule has 1 heterocycles. The van der Waals surface area contributed by atoms with Gasteiger partial charge in [0.05, 0.1) is 4.90 Å². The third kappa shape index (κ3) is 3.95. The van der Waals surface area contributed by atoms with Crippen molar-refractivity contribution in [2.24, 2.45) is 0 Å². The Morgan fingerprint density at radius 1 is 1.12 bits per heavy atom. The summed E-state index contributed by atoms with van der Waals surface area (Å²) < 4.78 is 31.4. The van der Waals surface area contributed by atoms with Crippen LogP contribution in [0.1, 0.15) is 30.9 Å². The minimum absolute atomic E-state index is 0.212. The number of oxazole rings is 1. The maximum Gasteiger partial charge on any atom is 0.257 e. The molecule has 7 heteroatoms. The molecule has 3 aromatic rings. The monoisotopic (exact) mass is 390 g/mol. The van der Waals surface area contributed by atoms with Crippen LogP contribution in [0.3, 0.4) is 0 Å². The molecule has 0 aliphatic rings. The predicted molar refractivity (Wildman–Crippen MR) is 105 cm³/mol. The van der Waals surface area contributed by atoms with E-state index in [4.69, 9.17) is 4.42 Å². The van der Waals surface area contributed by atoms with E-state index in [1.807, 2.05) is 0 Å². The number of aromatic nitrogens is 1. The van der Waals surface area contributed by atoms with E-state index in [1.165, 1.54) is 41.3 Å². The highest BCUT2D eigenvalue weighted by Gasteiger charge is 2.19. The van der Waals surface area contributed by atoms with Gasteiger partial charge in [-0.2, -0.15) is 0 Å². The molecule has 5 nitrogen and oxygen atoms in total. The fourth-order valence-corrected chi connectivity index (χ4v) is 4.18. The number of sulfonamides is 1. The van der Waals surface area contributed by atoms with E-state index in [0.29, 0.717) is 22.2 Å². The van der Waals surface area contributed by atoms with Crippen molar-refractivity contribution in [2.45, 2.75) is 35.6 Å². The van der Waals surface area contributed by atoms with Gasteiger partial charge in [0.15, 0.2) is 5.58 Å². The van der Waals surface area contributed by atoms with Gasteiger partial charge in [0.1, 0.15) is 5.52 Å². The molecule has 138 valence electrons. The zero-order valence-corrected chi connectivity index (χ0v) is 16.9. The van der Waals surface area contributed by atoms with Gasteiger partial charge in [0.2, 0.25) is 10.0 Å². The quantitative estimate of drug-likeness (QED) is 0.580. The van der Waals surface area contributed by atoms with Crippen LogP contribution in [-0.4, -0.2) is 31.8 Å². The molecule has 0 amide bonds. The first-order valence-corrected chi connectivity index (χ1v) is 10.7. The third-order valence-electron chi connectivity index (χ3n) is 4.13. The first-order chi connectivity index (χ1) is 12.3. The first kappa shape index (κ1) is 18.9. The molecule has 0 aliphatic heterocycles. The van der Waals surface area contributed by atoms with E-state index in [0.717, 1.165) is 5.75 Å². The lowest BCUT2D eigenvalue weighted by molar-refractivity contribution is 0.489. The van der Waals surface area contributed by atoms with Gasteiger partial charge in [0, 0.05) is 19.8 Å². The summed E-state index contributed by atoms with van der Waals surface area (Å²) in [6.07, 6.45) is 0. The van der Waals surface area contributed by atoms with E-state index < -0.39 is 10.0 Å². The molecule has 3 rings (SSSR count). The van der Waals surface area contributed by atoms with Gasteiger partial charge < -0.3 is 4.42 Å². The molecule has 0 spiro atoms. The molecule has 0 N–H and O–H groups in total. The summed E-state index contributed by atoms with van der Waals surface area (Å²) >= 11 is 1.50. The number of hydrogen-bond acceptors (Lipinski definition) is 5. The van der Waals surface area contributed by atoms with Gasteiger partial charge >= 0.3 is 0 Å². The Kier molecular flexibility index (Phi) is 5.41. The topological polar surface area (TPSA) is 63.4 Å². The van der Waals surface area contributed by atoms with Crippen LogP contribution in [0, 0.1) is 0 Å². The first-order valence-electron chi connectivity index (χ1n) is 8.32. The Labute approximate surface area is 158 Å². The summed E-state index contributed by atoms with van der Waals surface area (Å²) in [5, 5.41) is 0.535. The molecule has 0 saturated heterocycles. The van der Waals surface area contributed by atoms with E-state index in [2.05, 4.69) is 43.1 Å². The number of fused-ring (bicyclic) bond motifs is 1. The summed E-state index contributed by atoms with van der Waals surface area (Å²) in [4.78, 5) is 4.63. The molecule has 0 bridgehead atoms. The van der Waals surface area contributed by atoms with Gasteiger partial charge in [-0.3, -0.25) is 0 Å². The van der Waals surface area contributed by atoms with E-state index in [-0.39, 0.29) is 4.90 Å². The van der Waals surface area contributed by atoms with Crippen LogP contribution in [0.4, 0.5) is 0 Å². The van der Waals surface area contributed by atoms with Crippen molar-refractivity contribution in [3.63, 3.8) is 0 Å². The summed E-state index contributed by atoms with van der Waals surface area (Å²) in [5.41, 5.74) is 3.64. The highest BCUT2D eigenvalue weighted by atomic mass is 32.2. The molecular formula is C19H22N2O3S2. The Hall–Kier alpha value is -1.83. The average molecular weight is 391 g/mol. The Bertz CT molecular complexity index is 1010. The van der Waals surface area contributed by atoms with Gasteiger partial charge in [-0.25, -0.2) is 17.7 Å². The van der Waals surface area contributed by atoms with Crippen LogP contribution < -0.4 is 0 Å². The molecule has 0 radical (unpaired) electrons. The largest absolute Gasteiger partial charge is 0.431 e. The van der Waals surface area contributed by atoms with Crippen LogP contribution in [0.15, 0.2) is 57.0 Å². The molecule has 2 aromatic carbocycles. The van der Waals surface area contributed by atoms with Gasteiger partial charge in [-0.15, -0.1) is 0 Å². The second-order valence-corrected chi connectivity index (χ2v) is 9.66. The van der Waals surface area contributed by atoms with E-state index in [1.54, 1.807) is 18.2 Å². The fraction of sp³-hybridized carbons (Fsp3) is 0.316. The minimum Gasteiger partial charge on any atom is -0.431 e. The second kappa shape index (κ2) is 7.42. The van der Waals surface area contributed by atoms with E-state index in [9.17, 15) is 8.42 Å². The Morgan fingerprint density at radius 2 is 1.81 bits per heavy atom. The molecule has 1 aromatic heterocycles. The maximum atomic E-state index is 12.2. The van der Waals surface area contributed by atoms with Crippen molar-refractivity contribution >= 4 is 32.9 Å². The van der Waals surface area contributed by atoms with Crippen LogP contribution in [0.25, 0.3) is 11.1 Å². The molecule has 0 unspecified atom stereocenters. The zero-order valence-electron chi connectivity index (χ0n) is 15.3. The number of nitrogens with zero attached hydrogens (tertiary/aromatic N) is 2. The highest BCUT2D eigenvalue weighted by molar-refractivity contribution is 7.98. The zero-order chi connectivity index (χ0) is 18.9. The lowest BCUT2D eigenvalue weighted by Crippen LogP contribution is -2.22. The third-order valence-corrected chi connectivity index (χ3v) is 6.84. The Morgan fingerprint density at radius 3 is 2.42 bits per heavy atom. The van der Waals surface area contributed by atoms with Crippen molar-refractivity contribution in [1.29, 1.82) is 0 Å². The minimum atomic E-state index is -3.48. The Balaban J connectivity index is 1.77. The van der Waals surface area contributed by atoms with Crippen molar-refractivity contribution < 1.29 is 12.8 Å². The summed E-state index contributed by atoms with van der Waals surface area (Å²) in [5.74, 6) is 1.26. The molecule has 26 heavy (non-hydrogen) atoms.